The van der Waals surface area contributed by atoms with Crippen LogP contribution in [0.15, 0.2) is 12.3 Å². The first-order chi connectivity index (χ1) is 11.7. The maximum absolute atomic E-state index is 12.5. The summed E-state index contributed by atoms with van der Waals surface area (Å²) in [6, 6.07) is 2.64. The van der Waals surface area contributed by atoms with Gasteiger partial charge >= 0.3 is 41.7 Å². The molecule has 1 aromatic heterocycles. The third-order valence-electron chi connectivity index (χ3n) is 2.59. The Hall–Kier alpha value is -2.15. The van der Waals surface area contributed by atoms with Gasteiger partial charge in [-0.05, 0) is 47.6 Å². The van der Waals surface area contributed by atoms with Gasteiger partial charge < -0.3 is 19.4 Å². The number of carboxylic acids is 1. The molecule has 1 heterocycles. The quantitative estimate of drug-likeness (QED) is 0.592. The van der Waals surface area contributed by atoms with Crippen molar-refractivity contribution < 1.29 is 58.5 Å². The van der Waals surface area contributed by atoms with Crippen LogP contribution in [0.1, 0.15) is 57.5 Å². The van der Waals surface area contributed by atoms with Crippen LogP contribution >= 0.6 is 0 Å². The van der Waals surface area contributed by atoms with Crippen molar-refractivity contribution in [2.45, 2.75) is 52.7 Å². The van der Waals surface area contributed by atoms with E-state index < -0.39 is 35.2 Å². The molecule has 9 nitrogen and oxygen atoms in total. The number of nitriles is 1. The molecule has 0 spiro atoms. The third-order valence-corrected chi connectivity index (χ3v) is 2.59. The number of nitrogens with zero attached hydrogens (tertiary/aromatic N) is 3. The van der Waals surface area contributed by atoms with Crippen LogP contribution in [0.3, 0.4) is 0 Å². The SMILES string of the molecule is CC(C)(C)OC(=O)N(C(=O)OC(C)(C)C)c1ncc(C(=O)[O-])cc1C#N.[Na+]. The van der Waals surface area contributed by atoms with Crippen molar-refractivity contribution in [3.8, 4) is 6.07 Å². The number of carboxylic acid groups (broad SMARTS) is 1. The fourth-order valence-electron chi connectivity index (χ4n) is 1.69. The molecule has 0 atom stereocenters. The van der Waals surface area contributed by atoms with Crippen molar-refractivity contribution in [2.24, 2.45) is 0 Å². The van der Waals surface area contributed by atoms with Crippen molar-refractivity contribution in [1.29, 1.82) is 5.26 Å². The van der Waals surface area contributed by atoms with Gasteiger partial charge in [0.1, 0.15) is 17.3 Å². The number of anilines is 1. The summed E-state index contributed by atoms with van der Waals surface area (Å²) in [7, 11) is 0. The first-order valence-electron chi connectivity index (χ1n) is 7.63. The molecule has 0 fully saturated rings. The average Bonchev–Trinajstić information content (AvgIpc) is 2.43. The number of imide groups is 1. The monoisotopic (exact) mass is 385 g/mol. The number of rotatable bonds is 2. The number of ether oxygens (including phenoxy) is 2. The second-order valence-corrected chi connectivity index (χ2v) is 7.29. The maximum atomic E-state index is 12.5. The molecule has 0 aliphatic heterocycles. The summed E-state index contributed by atoms with van der Waals surface area (Å²) in [5.41, 5.74) is -2.58. The van der Waals surface area contributed by atoms with Crippen LogP contribution < -0.4 is 39.6 Å². The molecule has 10 heteroatoms. The summed E-state index contributed by atoms with van der Waals surface area (Å²) in [5.74, 6) is -1.96. The van der Waals surface area contributed by atoms with Crippen LogP contribution in [0.5, 0.6) is 0 Å². The second kappa shape index (κ2) is 9.17. The Bertz CT molecular complexity index is 746. The molecule has 0 aromatic carbocycles. The minimum atomic E-state index is -1.55. The zero-order valence-electron chi connectivity index (χ0n) is 16.4. The first kappa shape index (κ1) is 24.8. The van der Waals surface area contributed by atoms with Gasteiger partial charge in [-0.1, -0.05) is 0 Å². The largest absolute Gasteiger partial charge is 1.00 e. The van der Waals surface area contributed by atoms with Gasteiger partial charge in [-0.15, -0.1) is 0 Å². The number of carbonyl (C=O) groups is 3. The van der Waals surface area contributed by atoms with Crippen LogP contribution in [-0.4, -0.2) is 34.3 Å². The molecule has 1 aromatic rings. The summed E-state index contributed by atoms with van der Waals surface area (Å²) < 4.78 is 10.4. The predicted molar refractivity (Wildman–Crippen MR) is 88.2 cm³/mol. The molecule has 2 amide bonds. The van der Waals surface area contributed by atoms with Crippen molar-refractivity contribution in [3.63, 3.8) is 0 Å². The van der Waals surface area contributed by atoms with E-state index >= 15 is 0 Å². The van der Waals surface area contributed by atoms with Gasteiger partial charge in [-0.3, -0.25) is 0 Å². The van der Waals surface area contributed by atoms with E-state index in [0.29, 0.717) is 4.90 Å². The Morgan fingerprint density at radius 1 is 1.07 bits per heavy atom. The number of pyridine rings is 1. The minimum Gasteiger partial charge on any atom is -0.545 e. The molecule has 140 valence electrons. The van der Waals surface area contributed by atoms with Gasteiger partial charge in [0.25, 0.3) is 0 Å². The van der Waals surface area contributed by atoms with E-state index in [1.807, 2.05) is 0 Å². The number of amides is 2. The van der Waals surface area contributed by atoms with Gasteiger partial charge in [-0.2, -0.15) is 10.2 Å². The van der Waals surface area contributed by atoms with Gasteiger partial charge in [0.2, 0.25) is 0 Å². The molecule has 0 radical (unpaired) electrons. The molecule has 1 rings (SSSR count). The molecule has 0 aliphatic rings. The first-order valence-corrected chi connectivity index (χ1v) is 7.63. The number of aromatic carboxylic acids is 1. The number of carbonyl (C=O) groups excluding carboxylic acids is 3. The van der Waals surface area contributed by atoms with Gasteiger partial charge in [0, 0.05) is 11.8 Å². The van der Waals surface area contributed by atoms with Gasteiger partial charge in [0.05, 0.1) is 11.5 Å². The summed E-state index contributed by atoms with van der Waals surface area (Å²) in [6.45, 7) is 9.56. The zero-order valence-corrected chi connectivity index (χ0v) is 18.4. The van der Waals surface area contributed by atoms with E-state index in [1.165, 1.54) is 0 Å². The molecule has 0 bridgehead atoms. The van der Waals surface area contributed by atoms with E-state index in [1.54, 1.807) is 47.6 Å². The normalized spacial score (nSPS) is 10.9. The molecule has 0 unspecified atom stereocenters. The van der Waals surface area contributed by atoms with E-state index in [9.17, 15) is 24.8 Å². The number of aromatic nitrogens is 1. The predicted octanol–water partition coefficient (Wildman–Crippen LogP) is -1.00. The Morgan fingerprint density at radius 2 is 1.52 bits per heavy atom. The topological polar surface area (TPSA) is 133 Å². The van der Waals surface area contributed by atoms with E-state index in [4.69, 9.17) is 9.47 Å². The van der Waals surface area contributed by atoms with E-state index in [0.717, 1.165) is 12.3 Å². The van der Waals surface area contributed by atoms with Crippen LogP contribution in [0.4, 0.5) is 15.4 Å². The van der Waals surface area contributed by atoms with E-state index in [-0.39, 0.29) is 40.7 Å². The molecule has 0 aliphatic carbocycles. The van der Waals surface area contributed by atoms with Crippen LogP contribution in [-0.2, 0) is 9.47 Å². The van der Waals surface area contributed by atoms with Gasteiger partial charge in [0.15, 0.2) is 5.82 Å². The minimum absolute atomic E-state index is 0. The Balaban J connectivity index is 0.00000676. The summed E-state index contributed by atoms with van der Waals surface area (Å²) >= 11 is 0. The Kier molecular flexibility index (Phi) is 8.44. The fourth-order valence-corrected chi connectivity index (χ4v) is 1.69. The van der Waals surface area contributed by atoms with Gasteiger partial charge in [-0.25, -0.2) is 14.6 Å². The summed E-state index contributed by atoms with van der Waals surface area (Å²) in [6.07, 6.45) is -1.36. The Morgan fingerprint density at radius 3 is 1.85 bits per heavy atom. The third kappa shape index (κ3) is 7.54. The molecule has 0 N–H and O–H groups in total. The zero-order chi connectivity index (χ0) is 20.3. The average molecular weight is 385 g/mol. The summed E-state index contributed by atoms with van der Waals surface area (Å²) in [4.78, 5) is 40.1. The molecule has 0 saturated carbocycles. The molecule has 27 heavy (non-hydrogen) atoms. The molecule has 0 saturated heterocycles. The van der Waals surface area contributed by atoms with Crippen LogP contribution in [0.25, 0.3) is 0 Å². The van der Waals surface area contributed by atoms with E-state index in [2.05, 4.69) is 4.98 Å². The molecular weight excluding hydrogens is 365 g/mol. The van der Waals surface area contributed by atoms with Crippen molar-refractivity contribution in [1.82, 2.24) is 4.98 Å². The maximum Gasteiger partial charge on any atom is 1.00 e. The molecular formula is C17H20N3NaO6. The van der Waals surface area contributed by atoms with Crippen molar-refractivity contribution in [3.05, 3.63) is 23.4 Å². The summed E-state index contributed by atoms with van der Waals surface area (Å²) in [5, 5.41) is 20.2. The number of hydrogen-bond acceptors (Lipinski definition) is 8. The smallest absolute Gasteiger partial charge is 0.545 e. The van der Waals surface area contributed by atoms with Crippen molar-refractivity contribution >= 4 is 24.0 Å². The fraction of sp³-hybridized carbons (Fsp3) is 0.471. The number of hydrogen-bond donors (Lipinski definition) is 0. The van der Waals surface area contributed by atoms with Crippen LogP contribution in [0.2, 0.25) is 0 Å². The Labute approximate surface area is 179 Å². The standard InChI is InChI=1S/C17H21N3O6.Na/c1-16(2,3)25-14(23)20(15(24)26-17(4,5)6)12-10(8-18)7-11(9-19-12)13(21)22;/h7,9H,1-6H3,(H,21,22);/q;+1/p-1. The van der Waals surface area contributed by atoms with Crippen molar-refractivity contribution in [2.75, 3.05) is 4.90 Å². The van der Waals surface area contributed by atoms with Crippen LogP contribution in [0, 0.1) is 11.3 Å². The second-order valence-electron chi connectivity index (χ2n) is 7.29.